The van der Waals surface area contributed by atoms with Crippen molar-refractivity contribution >= 4 is 29.3 Å². The van der Waals surface area contributed by atoms with Crippen molar-refractivity contribution in [1.82, 2.24) is 19.9 Å². The third-order valence-electron chi connectivity index (χ3n) is 3.60. The Bertz CT molecular complexity index is 903. The lowest BCUT2D eigenvalue weighted by molar-refractivity contribution is 1.00. The van der Waals surface area contributed by atoms with Crippen molar-refractivity contribution in [3.8, 4) is 0 Å². The highest BCUT2D eigenvalue weighted by molar-refractivity contribution is 7.98. The Labute approximate surface area is 160 Å². The summed E-state index contributed by atoms with van der Waals surface area (Å²) in [5, 5.41) is 3.81. The standard InChI is InChI=1S/C18H18ClN5OS/c19-15-4-2-6-21-16(15)12-26-8-7-22-18-23-11-14(17(25)24-18)9-13-3-1-5-20-10-13/h1-6,10-11H,7-9,12H2,(H2,22,23,24,25). The van der Waals surface area contributed by atoms with Gasteiger partial charge in [0.1, 0.15) is 0 Å². The summed E-state index contributed by atoms with van der Waals surface area (Å²) in [5.74, 6) is 2.06. The molecule has 0 bridgehead atoms. The Balaban J connectivity index is 1.46. The number of hydrogen-bond donors (Lipinski definition) is 2. The molecule has 2 N–H and O–H groups in total. The highest BCUT2D eigenvalue weighted by atomic mass is 35.5. The summed E-state index contributed by atoms with van der Waals surface area (Å²) in [4.78, 5) is 27.5. The Kier molecular flexibility index (Phi) is 6.62. The summed E-state index contributed by atoms with van der Waals surface area (Å²) in [6, 6.07) is 7.44. The lowest BCUT2D eigenvalue weighted by Gasteiger charge is -2.07. The van der Waals surface area contributed by atoms with Crippen LogP contribution in [0.25, 0.3) is 0 Å². The number of pyridine rings is 2. The number of rotatable bonds is 8. The van der Waals surface area contributed by atoms with E-state index in [2.05, 4.69) is 25.3 Å². The summed E-state index contributed by atoms with van der Waals surface area (Å²) in [6.07, 6.45) is 7.31. The molecule has 26 heavy (non-hydrogen) atoms. The van der Waals surface area contributed by atoms with Crippen molar-refractivity contribution in [3.63, 3.8) is 0 Å². The van der Waals surface area contributed by atoms with Gasteiger partial charge in [-0.15, -0.1) is 0 Å². The van der Waals surface area contributed by atoms with Gasteiger partial charge in [-0.2, -0.15) is 11.8 Å². The van der Waals surface area contributed by atoms with Gasteiger partial charge in [-0.1, -0.05) is 17.7 Å². The van der Waals surface area contributed by atoms with E-state index >= 15 is 0 Å². The zero-order valence-electron chi connectivity index (χ0n) is 14.0. The molecule has 134 valence electrons. The third kappa shape index (κ3) is 5.31. The van der Waals surface area contributed by atoms with Gasteiger partial charge in [0.25, 0.3) is 5.56 Å². The summed E-state index contributed by atoms with van der Waals surface area (Å²) in [6.45, 7) is 0.681. The Morgan fingerprint density at radius 1 is 1.15 bits per heavy atom. The molecule has 0 fully saturated rings. The first-order valence-corrected chi connectivity index (χ1v) is 9.64. The predicted octanol–water partition coefficient (Wildman–Crippen LogP) is 3.15. The minimum Gasteiger partial charge on any atom is -0.355 e. The van der Waals surface area contributed by atoms with Crippen LogP contribution in [0.2, 0.25) is 5.02 Å². The van der Waals surface area contributed by atoms with Crippen LogP contribution in [0.15, 0.2) is 53.8 Å². The van der Waals surface area contributed by atoms with E-state index in [1.807, 2.05) is 24.3 Å². The largest absolute Gasteiger partial charge is 0.355 e. The zero-order valence-corrected chi connectivity index (χ0v) is 15.6. The average Bonchev–Trinajstić information content (AvgIpc) is 2.66. The van der Waals surface area contributed by atoms with Gasteiger partial charge in [-0.25, -0.2) is 4.98 Å². The molecule has 0 aliphatic heterocycles. The number of thioether (sulfide) groups is 1. The molecule has 3 aromatic heterocycles. The van der Waals surface area contributed by atoms with Gasteiger partial charge in [-0.3, -0.25) is 19.7 Å². The molecule has 0 amide bonds. The molecule has 3 rings (SSSR count). The van der Waals surface area contributed by atoms with E-state index in [4.69, 9.17) is 11.6 Å². The molecule has 0 aliphatic carbocycles. The van der Waals surface area contributed by atoms with Crippen LogP contribution >= 0.6 is 23.4 Å². The van der Waals surface area contributed by atoms with Crippen LogP contribution in [0.3, 0.4) is 0 Å². The maximum absolute atomic E-state index is 12.2. The number of H-pyrrole nitrogens is 1. The molecule has 0 saturated heterocycles. The van der Waals surface area contributed by atoms with E-state index in [0.29, 0.717) is 29.5 Å². The molecule has 3 heterocycles. The minimum atomic E-state index is -0.140. The minimum absolute atomic E-state index is 0.140. The van der Waals surface area contributed by atoms with Gasteiger partial charge in [0, 0.05) is 54.8 Å². The molecule has 0 saturated carbocycles. The first-order chi connectivity index (χ1) is 12.7. The second-order valence-electron chi connectivity index (χ2n) is 5.54. The van der Waals surface area contributed by atoms with Crippen molar-refractivity contribution in [2.24, 2.45) is 0 Å². The van der Waals surface area contributed by atoms with E-state index in [9.17, 15) is 4.79 Å². The Morgan fingerprint density at radius 2 is 2.04 bits per heavy atom. The molecule has 0 atom stereocenters. The van der Waals surface area contributed by atoms with Gasteiger partial charge >= 0.3 is 0 Å². The van der Waals surface area contributed by atoms with Gasteiger partial charge < -0.3 is 5.32 Å². The second kappa shape index (κ2) is 9.35. The summed E-state index contributed by atoms with van der Waals surface area (Å²) in [7, 11) is 0. The number of aromatic amines is 1. The predicted molar refractivity (Wildman–Crippen MR) is 106 cm³/mol. The fourth-order valence-corrected chi connectivity index (χ4v) is 3.38. The number of nitrogens with one attached hydrogen (secondary N) is 2. The van der Waals surface area contributed by atoms with Gasteiger partial charge in [-0.05, 0) is 23.8 Å². The fraction of sp³-hybridized carbons (Fsp3) is 0.222. The maximum atomic E-state index is 12.2. The first-order valence-electron chi connectivity index (χ1n) is 8.10. The van der Waals surface area contributed by atoms with E-state index < -0.39 is 0 Å². The van der Waals surface area contributed by atoms with Crippen molar-refractivity contribution in [2.45, 2.75) is 12.2 Å². The van der Waals surface area contributed by atoms with Crippen LogP contribution in [0.1, 0.15) is 16.8 Å². The zero-order chi connectivity index (χ0) is 18.2. The fourth-order valence-electron chi connectivity index (χ4n) is 2.29. The molecule has 0 radical (unpaired) electrons. The second-order valence-corrected chi connectivity index (χ2v) is 7.05. The summed E-state index contributed by atoms with van der Waals surface area (Å²) < 4.78 is 0. The number of aromatic nitrogens is 4. The summed E-state index contributed by atoms with van der Waals surface area (Å²) in [5.41, 5.74) is 2.33. The van der Waals surface area contributed by atoms with Gasteiger partial charge in [0.05, 0.1) is 10.7 Å². The van der Waals surface area contributed by atoms with E-state index in [1.54, 1.807) is 36.5 Å². The lowest BCUT2D eigenvalue weighted by atomic mass is 10.1. The van der Waals surface area contributed by atoms with Crippen LogP contribution in [-0.4, -0.2) is 32.2 Å². The molecule has 0 unspecified atom stereocenters. The van der Waals surface area contributed by atoms with Gasteiger partial charge in [0.2, 0.25) is 5.95 Å². The highest BCUT2D eigenvalue weighted by Crippen LogP contribution is 2.18. The van der Waals surface area contributed by atoms with E-state index in [1.165, 1.54) is 0 Å². The number of halogens is 1. The van der Waals surface area contributed by atoms with Crippen LogP contribution in [0.4, 0.5) is 5.95 Å². The highest BCUT2D eigenvalue weighted by Gasteiger charge is 2.05. The molecular formula is C18H18ClN5OS. The lowest BCUT2D eigenvalue weighted by Crippen LogP contribution is -2.18. The van der Waals surface area contributed by atoms with E-state index in [0.717, 1.165) is 22.8 Å². The third-order valence-corrected chi connectivity index (χ3v) is 4.92. The van der Waals surface area contributed by atoms with Gasteiger partial charge in [0.15, 0.2) is 0 Å². The van der Waals surface area contributed by atoms with Crippen molar-refractivity contribution in [3.05, 3.63) is 81.3 Å². The van der Waals surface area contributed by atoms with Crippen molar-refractivity contribution in [2.75, 3.05) is 17.6 Å². The maximum Gasteiger partial charge on any atom is 0.255 e. The number of nitrogens with zero attached hydrogens (tertiary/aromatic N) is 3. The molecular weight excluding hydrogens is 370 g/mol. The summed E-state index contributed by atoms with van der Waals surface area (Å²) >= 11 is 7.79. The van der Waals surface area contributed by atoms with Crippen LogP contribution in [0, 0.1) is 0 Å². The number of anilines is 1. The van der Waals surface area contributed by atoms with Crippen LogP contribution in [-0.2, 0) is 12.2 Å². The van der Waals surface area contributed by atoms with Crippen LogP contribution in [0.5, 0.6) is 0 Å². The quantitative estimate of drug-likeness (QED) is 0.578. The molecule has 0 aliphatic rings. The Hall–Kier alpha value is -2.38. The molecule has 0 spiro atoms. The smallest absolute Gasteiger partial charge is 0.255 e. The average molecular weight is 388 g/mol. The first kappa shape index (κ1) is 18.4. The SMILES string of the molecule is O=c1[nH]c(NCCSCc2ncccc2Cl)ncc1Cc1cccnc1. The van der Waals surface area contributed by atoms with Crippen LogP contribution < -0.4 is 10.9 Å². The van der Waals surface area contributed by atoms with Crippen molar-refractivity contribution in [1.29, 1.82) is 0 Å². The van der Waals surface area contributed by atoms with Crippen molar-refractivity contribution < 1.29 is 0 Å². The number of hydrogen-bond acceptors (Lipinski definition) is 6. The molecule has 3 aromatic rings. The molecule has 0 aromatic carbocycles. The topological polar surface area (TPSA) is 83.6 Å². The monoisotopic (exact) mass is 387 g/mol. The van der Waals surface area contributed by atoms with E-state index in [-0.39, 0.29) is 5.56 Å². The molecule has 6 nitrogen and oxygen atoms in total. The Morgan fingerprint density at radius 3 is 2.81 bits per heavy atom. The normalized spacial score (nSPS) is 10.7. The molecule has 8 heteroatoms.